The summed E-state index contributed by atoms with van der Waals surface area (Å²) in [6, 6.07) is 5.52. The second-order valence-corrected chi connectivity index (χ2v) is 3.42. The van der Waals surface area contributed by atoms with Crippen molar-refractivity contribution in [3.63, 3.8) is 0 Å². The maximum Gasteiger partial charge on any atom is 0.325 e. The van der Waals surface area contributed by atoms with Gasteiger partial charge in [0.2, 0.25) is 0 Å². The fourth-order valence-electron chi connectivity index (χ4n) is 1.17. The zero-order valence-electron chi connectivity index (χ0n) is 8.59. The molecule has 0 saturated heterocycles. The molecule has 0 amide bonds. The SMILES string of the molecule is COC(=O)C(N)C(O)c1ccccc1Cl.Cl. The van der Waals surface area contributed by atoms with Crippen LogP contribution in [0.25, 0.3) is 0 Å². The molecule has 1 aromatic carbocycles. The Morgan fingerprint density at radius 2 is 2.06 bits per heavy atom. The maximum absolute atomic E-state index is 11.1. The summed E-state index contributed by atoms with van der Waals surface area (Å²) in [7, 11) is 1.21. The van der Waals surface area contributed by atoms with Crippen LogP contribution in [0.5, 0.6) is 0 Å². The van der Waals surface area contributed by atoms with Gasteiger partial charge in [-0.2, -0.15) is 0 Å². The first-order chi connectivity index (χ1) is 7.07. The number of ether oxygens (including phenoxy) is 1. The molecule has 3 N–H and O–H groups in total. The monoisotopic (exact) mass is 265 g/mol. The second-order valence-electron chi connectivity index (χ2n) is 3.02. The summed E-state index contributed by atoms with van der Waals surface area (Å²) >= 11 is 5.84. The highest BCUT2D eigenvalue weighted by molar-refractivity contribution is 6.31. The second kappa shape index (κ2) is 6.70. The lowest BCUT2D eigenvalue weighted by molar-refractivity contribution is -0.145. The first-order valence-electron chi connectivity index (χ1n) is 4.34. The summed E-state index contributed by atoms with van der Waals surface area (Å²) in [6.07, 6.45) is -1.16. The van der Waals surface area contributed by atoms with Crippen molar-refractivity contribution in [2.24, 2.45) is 5.73 Å². The number of benzene rings is 1. The Bertz CT molecular complexity index is 360. The highest BCUT2D eigenvalue weighted by atomic mass is 35.5. The third-order valence-corrected chi connectivity index (χ3v) is 2.38. The van der Waals surface area contributed by atoms with Crippen molar-refractivity contribution in [3.8, 4) is 0 Å². The number of carbonyl (C=O) groups excluding carboxylic acids is 1. The van der Waals surface area contributed by atoms with Crippen molar-refractivity contribution >= 4 is 30.0 Å². The number of nitrogens with two attached hydrogens (primary N) is 1. The van der Waals surface area contributed by atoms with Gasteiger partial charge in [-0.25, -0.2) is 0 Å². The van der Waals surface area contributed by atoms with Crippen molar-refractivity contribution in [1.82, 2.24) is 0 Å². The molecule has 90 valence electrons. The Balaban J connectivity index is 0.00000225. The van der Waals surface area contributed by atoms with Crippen LogP contribution in [0.3, 0.4) is 0 Å². The van der Waals surface area contributed by atoms with Crippen molar-refractivity contribution in [3.05, 3.63) is 34.9 Å². The van der Waals surface area contributed by atoms with E-state index >= 15 is 0 Å². The van der Waals surface area contributed by atoms with Gasteiger partial charge in [-0.15, -0.1) is 12.4 Å². The molecule has 4 nitrogen and oxygen atoms in total. The van der Waals surface area contributed by atoms with Crippen molar-refractivity contribution < 1.29 is 14.6 Å². The molecular weight excluding hydrogens is 253 g/mol. The fourth-order valence-corrected chi connectivity index (χ4v) is 1.42. The van der Waals surface area contributed by atoms with E-state index in [0.29, 0.717) is 10.6 Å². The summed E-state index contributed by atoms with van der Waals surface area (Å²) in [5, 5.41) is 10.1. The molecule has 16 heavy (non-hydrogen) atoms. The average molecular weight is 266 g/mol. The number of hydrogen-bond acceptors (Lipinski definition) is 4. The number of esters is 1. The molecule has 6 heteroatoms. The van der Waals surface area contributed by atoms with Crippen LogP contribution in [0.4, 0.5) is 0 Å². The Hall–Kier alpha value is -0.810. The van der Waals surface area contributed by atoms with E-state index in [-0.39, 0.29) is 12.4 Å². The lowest BCUT2D eigenvalue weighted by Gasteiger charge is -2.17. The van der Waals surface area contributed by atoms with Gasteiger partial charge >= 0.3 is 5.97 Å². The molecule has 0 heterocycles. The molecule has 0 aromatic heterocycles. The predicted octanol–water partition coefficient (Wildman–Crippen LogP) is 1.30. The Kier molecular flexibility index (Phi) is 6.36. The lowest BCUT2D eigenvalue weighted by Crippen LogP contribution is -2.37. The van der Waals surface area contributed by atoms with Gasteiger partial charge in [0.1, 0.15) is 12.1 Å². The van der Waals surface area contributed by atoms with E-state index in [1.807, 2.05) is 0 Å². The van der Waals surface area contributed by atoms with Crippen LogP contribution in [0.15, 0.2) is 24.3 Å². The fraction of sp³-hybridized carbons (Fsp3) is 0.300. The number of carbonyl (C=O) groups is 1. The molecule has 0 aliphatic carbocycles. The molecule has 0 saturated carbocycles. The van der Waals surface area contributed by atoms with E-state index in [4.69, 9.17) is 17.3 Å². The standard InChI is InChI=1S/C10H12ClNO3.ClH/c1-15-10(14)8(12)9(13)6-4-2-3-5-7(6)11;/h2-5,8-9,13H,12H2,1H3;1H. The van der Waals surface area contributed by atoms with E-state index in [1.165, 1.54) is 7.11 Å². The summed E-state index contributed by atoms with van der Waals surface area (Å²) in [5.74, 6) is -0.678. The van der Waals surface area contributed by atoms with Crippen LogP contribution in [0.2, 0.25) is 5.02 Å². The highest BCUT2D eigenvalue weighted by Crippen LogP contribution is 2.24. The Labute approximate surface area is 105 Å². The zero-order valence-corrected chi connectivity index (χ0v) is 10.2. The molecule has 0 aliphatic heterocycles. The Morgan fingerprint density at radius 1 is 1.50 bits per heavy atom. The van der Waals surface area contributed by atoms with Crippen LogP contribution >= 0.6 is 24.0 Å². The molecule has 1 aromatic rings. The molecule has 0 fully saturated rings. The normalized spacial score (nSPS) is 13.5. The molecule has 0 bridgehead atoms. The van der Waals surface area contributed by atoms with E-state index in [9.17, 15) is 9.90 Å². The van der Waals surface area contributed by atoms with Gasteiger partial charge in [0.25, 0.3) is 0 Å². The summed E-state index contributed by atoms with van der Waals surface area (Å²) in [4.78, 5) is 11.1. The van der Waals surface area contributed by atoms with Gasteiger partial charge in [-0.05, 0) is 6.07 Å². The number of aliphatic hydroxyl groups is 1. The summed E-state index contributed by atoms with van der Waals surface area (Å²) in [5.41, 5.74) is 5.90. The summed E-state index contributed by atoms with van der Waals surface area (Å²) < 4.78 is 4.43. The van der Waals surface area contributed by atoms with E-state index in [1.54, 1.807) is 24.3 Å². The molecule has 0 spiro atoms. The number of hydrogen-bond donors (Lipinski definition) is 2. The van der Waals surface area contributed by atoms with Crippen LogP contribution in [0.1, 0.15) is 11.7 Å². The number of rotatable bonds is 3. The first-order valence-corrected chi connectivity index (χ1v) is 4.71. The molecule has 0 aliphatic rings. The van der Waals surface area contributed by atoms with Crippen molar-refractivity contribution in [2.45, 2.75) is 12.1 Å². The minimum atomic E-state index is -1.16. The van der Waals surface area contributed by atoms with Crippen LogP contribution in [-0.4, -0.2) is 24.2 Å². The van der Waals surface area contributed by atoms with Gasteiger partial charge in [-0.1, -0.05) is 29.8 Å². The quantitative estimate of drug-likeness (QED) is 0.809. The zero-order chi connectivity index (χ0) is 11.4. The molecule has 2 atom stereocenters. The molecular formula is C10H13Cl2NO3. The predicted molar refractivity (Wildman–Crippen MR) is 63.7 cm³/mol. The van der Waals surface area contributed by atoms with Crippen molar-refractivity contribution in [2.75, 3.05) is 7.11 Å². The number of halogens is 2. The smallest absolute Gasteiger partial charge is 0.325 e. The van der Waals surface area contributed by atoms with E-state index < -0.39 is 18.1 Å². The minimum absolute atomic E-state index is 0. The average Bonchev–Trinajstić information content (AvgIpc) is 2.26. The highest BCUT2D eigenvalue weighted by Gasteiger charge is 2.26. The topological polar surface area (TPSA) is 72.5 Å². The third-order valence-electron chi connectivity index (χ3n) is 2.04. The van der Waals surface area contributed by atoms with Crippen LogP contribution in [-0.2, 0) is 9.53 Å². The van der Waals surface area contributed by atoms with E-state index in [0.717, 1.165) is 0 Å². The van der Waals surface area contributed by atoms with Crippen molar-refractivity contribution in [1.29, 1.82) is 0 Å². The van der Waals surface area contributed by atoms with Crippen LogP contribution < -0.4 is 5.73 Å². The molecule has 2 unspecified atom stereocenters. The third kappa shape index (κ3) is 3.35. The maximum atomic E-state index is 11.1. The van der Waals surface area contributed by atoms with Gasteiger partial charge in [0, 0.05) is 10.6 Å². The van der Waals surface area contributed by atoms with Gasteiger partial charge in [-0.3, -0.25) is 4.79 Å². The first kappa shape index (κ1) is 15.2. The number of methoxy groups -OCH3 is 1. The molecule has 1 rings (SSSR count). The van der Waals surface area contributed by atoms with Gasteiger partial charge in [0.15, 0.2) is 0 Å². The Morgan fingerprint density at radius 3 is 2.56 bits per heavy atom. The number of aliphatic hydroxyl groups excluding tert-OH is 1. The summed E-state index contributed by atoms with van der Waals surface area (Å²) in [6.45, 7) is 0. The van der Waals surface area contributed by atoms with E-state index in [2.05, 4.69) is 4.74 Å². The minimum Gasteiger partial charge on any atom is -0.468 e. The largest absolute Gasteiger partial charge is 0.468 e. The van der Waals surface area contributed by atoms with Crippen LogP contribution in [0, 0.1) is 0 Å². The van der Waals surface area contributed by atoms with Gasteiger partial charge < -0.3 is 15.6 Å². The molecule has 0 radical (unpaired) electrons. The lowest BCUT2D eigenvalue weighted by atomic mass is 10.0. The van der Waals surface area contributed by atoms with Gasteiger partial charge in [0.05, 0.1) is 7.11 Å².